The van der Waals surface area contributed by atoms with Gasteiger partial charge < -0.3 is 13.6 Å². The second-order valence-electron chi connectivity index (χ2n) is 4.18. The van der Waals surface area contributed by atoms with E-state index in [4.69, 9.17) is 13.6 Å². The first kappa shape index (κ1) is 14.1. The van der Waals surface area contributed by atoms with Gasteiger partial charge >= 0.3 is 8.72 Å². The molecule has 4 nitrogen and oxygen atoms in total. The molecule has 0 aromatic carbocycles. The predicted octanol–water partition coefficient (Wildman–Crippen LogP) is 1.74. The van der Waals surface area contributed by atoms with E-state index in [2.05, 4.69) is 11.5 Å². The molecule has 0 radical (unpaired) electrons. The van der Waals surface area contributed by atoms with Gasteiger partial charge in [0.25, 0.3) is 0 Å². The molecule has 0 aromatic rings. The van der Waals surface area contributed by atoms with Gasteiger partial charge in [-0.15, -0.1) is 0 Å². The minimum atomic E-state index is -2.13. The third-order valence-corrected chi connectivity index (χ3v) is 6.90. The normalized spacial score (nSPS) is 18.9. The fourth-order valence-corrected chi connectivity index (χ4v) is 5.17. The predicted molar refractivity (Wildman–Crippen MR) is 66.5 cm³/mol. The fourth-order valence-electron chi connectivity index (χ4n) is 2.21. The highest BCUT2D eigenvalue weighted by atomic mass is 28.4. The van der Waals surface area contributed by atoms with Crippen LogP contribution in [0, 0.1) is 0 Å². The van der Waals surface area contributed by atoms with Crippen LogP contribution < -0.4 is 0 Å². The molecule has 1 aliphatic heterocycles. The number of unbranched alkanes of at least 4 members (excludes halogenated alkanes) is 2. The first-order valence-corrected chi connectivity index (χ1v) is 8.19. The highest BCUT2D eigenvalue weighted by Gasteiger charge is 2.43. The van der Waals surface area contributed by atoms with Gasteiger partial charge in [0, 0.05) is 33.4 Å². The third-order valence-electron chi connectivity index (χ3n) is 3.23. The molecule has 0 saturated carbocycles. The van der Waals surface area contributed by atoms with Gasteiger partial charge in [0.2, 0.25) is 0 Å². The van der Waals surface area contributed by atoms with Crippen molar-refractivity contribution in [2.75, 3.05) is 40.5 Å². The van der Waals surface area contributed by atoms with Crippen LogP contribution in [0.1, 0.15) is 26.2 Å². The Balaban J connectivity index is 2.54. The lowest BCUT2D eigenvalue weighted by atomic mass is 10.3. The summed E-state index contributed by atoms with van der Waals surface area (Å²) < 4.78 is 19.3. The Morgan fingerprint density at radius 3 is 2.25 bits per heavy atom. The second-order valence-corrected chi connectivity index (χ2v) is 7.55. The Morgan fingerprint density at radius 1 is 1.12 bits per heavy atom. The summed E-state index contributed by atoms with van der Waals surface area (Å²) in [6.45, 7) is 5.71. The molecule has 1 heterocycles. The van der Waals surface area contributed by atoms with Crippen LogP contribution in [0.2, 0.25) is 6.04 Å². The van der Waals surface area contributed by atoms with E-state index in [0.29, 0.717) is 0 Å². The Morgan fingerprint density at radius 2 is 1.75 bits per heavy atom. The summed E-state index contributed by atoms with van der Waals surface area (Å²) in [4.78, 5) is 0. The average Bonchev–Trinajstić information content (AvgIpc) is 2.36. The van der Waals surface area contributed by atoms with Gasteiger partial charge in [-0.1, -0.05) is 19.8 Å². The van der Waals surface area contributed by atoms with Crippen molar-refractivity contribution in [2.45, 2.75) is 32.2 Å². The first-order chi connectivity index (χ1) is 7.79. The molecule has 96 valence electrons. The molecule has 1 rings (SSSR count). The zero-order valence-electron chi connectivity index (χ0n) is 10.8. The smallest absolute Gasteiger partial charge is 0.386 e. The summed E-state index contributed by atoms with van der Waals surface area (Å²) in [6, 6.07) is 1.06. The molecule has 0 N–H and O–H groups in total. The van der Waals surface area contributed by atoms with Crippen molar-refractivity contribution in [1.29, 1.82) is 0 Å². The van der Waals surface area contributed by atoms with Crippen LogP contribution in [0.3, 0.4) is 0 Å². The van der Waals surface area contributed by atoms with E-state index in [1.54, 1.807) is 14.2 Å². The molecule has 1 aliphatic rings. The van der Waals surface area contributed by atoms with Crippen molar-refractivity contribution in [3.05, 3.63) is 0 Å². The average molecular weight is 247 g/mol. The highest BCUT2D eigenvalue weighted by molar-refractivity contribution is 6.64. The van der Waals surface area contributed by atoms with Crippen molar-refractivity contribution in [3.63, 3.8) is 0 Å². The van der Waals surface area contributed by atoms with Gasteiger partial charge in [0.05, 0.1) is 13.2 Å². The van der Waals surface area contributed by atoms with E-state index in [9.17, 15) is 0 Å². The summed E-state index contributed by atoms with van der Waals surface area (Å²) in [5.41, 5.74) is 0. The summed E-state index contributed by atoms with van der Waals surface area (Å²) >= 11 is 0. The lowest BCUT2D eigenvalue weighted by Crippen LogP contribution is -2.60. The number of hydrogen-bond acceptors (Lipinski definition) is 4. The number of morpholine rings is 1. The number of nitrogens with zero attached hydrogens (tertiary/aromatic N) is 1. The quantitative estimate of drug-likeness (QED) is 0.506. The Labute approximate surface area is 100 Å². The SMILES string of the molecule is CCCCC[Si](OC)(OC)N1CCOCC1. The molecule has 0 aliphatic carbocycles. The molecule has 0 aromatic heterocycles. The van der Waals surface area contributed by atoms with Crippen LogP contribution >= 0.6 is 0 Å². The molecule has 0 spiro atoms. The van der Waals surface area contributed by atoms with Crippen molar-refractivity contribution < 1.29 is 13.6 Å². The maximum absolute atomic E-state index is 5.76. The van der Waals surface area contributed by atoms with Crippen LogP contribution in [0.4, 0.5) is 0 Å². The van der Waals surface area contributed by atoms with Gasteiger partial charge in [-0.25, -0.2) is 0 Å². The van der Waals surface area contributed by atoms with Crippen LogP contribution in [-0.2, 0) is 13.6 Å². The van der Waals surface area contributed by atoms with Crippen molar-refractivity contribution in [1.82, 2.24) is 4.57 Å². The van der Waals surface area contributed by atoms with E-state index >= 15 is 0 Å². The molecule has 0 atom stereocenters. The van der Waals surface area contributed by atoms with E-state index in [1.807, 2.05) is 0 Å². The minimum absolute atomic E-state index is 0.801. The maximum Gasteiger partial charge on any atom is 0.427 e. The van der Waals surface area contributed by atoms with Gasteiger partial charge in [0.1, 0.15) is 0 Å². The third kappa shape index (κ3) is 3.53. The van der Waals surface area contributed by atoms with E-state index in [1.165, 1.54) is 19.3 Å². The van der Waals surface area contributed by atoms with E-state index in [0.717, 1.165) is 32.3 Å². The number of hydrogen-bond donors (Lipinski definition) is 0. The van der Waals surface area contributed by atoms with Gasteiger partial charge in [-0.05, 0) is 6.42 Å². The fraction of sp³-hybridized carbons (Fsp3) is 1.00. The van der Waals surface area contributed by atoms with Crippen LogP contribution in [0.25, 0.3) is 0 Å². The van der Waals surface area contributed by atoms with E-state index in [-0.39, 0.29) is 0 Å². The van der Waals surface area contributed by atoms with Crippen molar-refractivity contribution in [2.24, 2.45) is 0 Å². The molecule has 5 heteroatoms. The topological polar surface area (TPSA) is 30.9 Å². The van der Waals surface area contributed by atoms with Crippen LogP contribution in [-0.4, -0.2) is 53.8 Å². The lowest BCUT2D eigenvalue weighted by Gasteiger charge is -2.40. The standard InChI is InChI=1S/C11H25NO3Si/c1-4-5-6-11-16(13-2,14-3)12-7-9-15-10-8-12/h4-11H2,1-3H3. The number of ether oxygens (including phenoxy) is 1. The van der Waals surface area contributed by atoms with Crippen LogP contribution in [0.15, 0.2) is 0 Å². The number of rotatable bonds is 7. The van der Waals surface area contributed by atoms with Crippen molar-refractivity contribution in [3.8, 4) is 0 Å². The van der Waals surface area contributed by atoms with Crippen LogP contribution in [0.5, 0.6) is 0 Å². The Kier molecular flexibility index (Phi) is 6.53. The zero-order chi connectivity index (χ0) is 11.9. The van der Waals surface area contributed by atoms with Gasteiger partial charge in [-0.3, -0.25) is 4.57 Å². The molecule has 0 unspecified atom stereocenters. The van der Waals surface area contributed by atoms with Crippen molar-refractivity contribution >= 4 is 8.72 Å². The maximum atomic E-state index is 5.76. The summed E-state index contributed by atoms with van der Waals surface area (Å²) in [6.07, 6.45) is 3.69. The lowest BCUT2D eigenvalue weighted by molar-refractivity contribution is 0.0400. The molecule has 0 bridgehead atoms. The minimum Gasteiger partial charge on any atom is -0.386 e. The van der Waals surface area contributed by atoms with Gasteiger partial charge in [-0.2, -0.15) is 0 Å². The molecular weight excluding hydrogens is 222 g/mol. The highest BCUT2D eigenvalue weighted by Crippen LogP contribution is 2.22. The molecule has 1 fully saturated rings. The summed E-state index contributed by atoms with van der Waals surface area (Å²) in [5, 5.41) is 0. The molecular formula is C11H25NO3Si. The Bertz CT molecular complexity index is 182. The molecule has 1 saturated heterocycles. The summed E-state index contributed by atoms with van der Waals surface area (Å²) in [7, 11) is 1.45. The molecule has 0 amide bonds. The molecule has 16 heavy (non-hydrogen) atoms. The monoisotopic (exact) mass is 247 g/mol. The summed E-state index contributed by atoms with van der Waals surface area (Å²) in [5.74, 6) is 0. The zero-order valence-corrected chi connectivity index (χ0v) is 11.8. The first-order valence-electron chi connectivity index (χ1n) is 6.22. The largest absolute Gasteiger partial charge is 0.427 e. The Hall–Kier alpha value is 0.0569. The second kappa shape index (κ2) is 7.40. The van der Waals surface area contributed by atoms with Gasteiger partial charge in [0.15, 0.2) is 0 Å². The van der Waals surface area contributed by atoms with E-state index < -0.39 is 8.72 Å².